The number of aliphatic hydroxyl groups excluding tert-OH is 1. The lowest BCUT2D eigenvalue weighted by Gasteiger charge is -2.18. The number of carbonyl (C=O) groups is 1. The zero-order valence-corrected chi connectivity index (χ0v) is 21.8. The van der Waals surface area contributed by atoms with Crippen LogP contribution in [0.25, 0.3) is 16.8 Å². The molecule has 0 saturated carbocycles. The Balaban J connectivity index is 1.53. The molecule has 3 heterocycles. The molecule has 1 unspecified atom stereocenters. The molecule has 0 aliphatic carbocycles. The van der Waals surface area contributed by atoms with E-state index in [-0.39, 0.29) is 18.7 Å². The monoisotopic (exact) mass is 513 g/mol. The van der Waals surface area contributed by atoms with Crippen molar-refractivity contribution < 1.29 is 19.7 Å². The van der Waals surface area contributed by atoms with Crippen molar-refractivity contribution in [3.05, 3.63) is 51.8 Å². The topological polar surface area (TPSA) is 121 Å². The fourth-order valence-corrected chi connectivity index (χ4v) is 4.78. The number of rotatable bonds is 12. The number of thiophene rings is 1. The van der Waals surface area contributed by atoms with Gasteiger partial charge in [0.05, 0.1) is 26.4 Å². The minimum Gasteiger partial charge on any atom is -0.468 e. The van der Waals surface area contributed by atoms with E-state index in [1.807, 2.05) is 42.0 Å². The molecule has 0 radical (unpaired) electrons. The number of unbranched alkanes of at least 4 members (excludes halogenated alkanes) is 1. The van der Waals surface area contributed by atoms with Gasteiger partial charge in [0.2, 0.25) is 5.95 Å². The van der Waals surface area contributed by atoms with Gasteiger partial charge in [0.15, 0.2) is 12.0 Å². The molecular weight excluding hydrogens is 478 g/mol. The van der Waals surface area contributed by atoms with Crippen molar-refractivity contribution in [3.8, 4) is 0 Å². The van der Waals surface area contributed by atoms with E-state index in [0.29, 0.717) is 30.3 Å². The second-order valence-corrected chi connectivity index (χ2v) is 10.7. The Labute approximate surface area is 215 Å². The van der Waals surface area contributed by atoms with Crippen molar-refractivity contribution >= 4 is 40.0 Å². The summed E-state index contributed by atoms with van der Waals surface area (Å²) in [6.45, 7) is 7.71. The molecule has 10 heteroatoms. The number of ether oxygens (including phenoxy) is 1. The summed E-state index contributed by atoms with van der Waals surface area (Å²) >= 11 is 1.36. The van der Waals surface area contributed by atoms with Gasteiger partial charge in [-0.2, -0.15) is 0 Å². The van der Waals surface area contributed by atoms with Gasteiger partial charge >= 0.3 is 0 Å². The van der Waals surface area contributed by atoms with E-state index >= 15 is 0 Å². The van der Waals surface area contributed by atoms with Crippen molar-refractivity contribution in [2.75, 3.05) is 18.5 Å². The first-order chi connectivity index (χ1) is 17.2. The van der Waals surface area contributed by atoms with Crippen LogP contribution in [0.5, 0.6) is 0 Å². The molecule has 36 heavy (non-hydrogen) atoms. The molecule has 0 fully saturated rings. The molecule has 3 aromatic rings. The van der Waals surface area contributed by atoms with Gasteiger partial charge in [0.1, 0.15) is 0 Å². The summed E-state index contributed by atoms with van der Waals surface area (Å²) in [5.41, 5.74) is 1.92. The quantitative estimate of drug-likeness (QED) is 0.235. The molecule has 1 amide bonds. The highest BCUT2D eigenvalue weighted by Crippen LogP contribution is 2.29. The number of nitrogens with zero attached hydrogens (tertiary/aromatic N) is 2. The standard InChI is InChI=1S/C26H35N5O4S/c1-17-28-16-21(35-17)22-8-9-23(36-22)24(33)30-25-29-19-14-18(15-27-11-4-5-13-32)6-7-20(19)31(25)12-10-26(2,3)34/h6-9,14,16-17,27-28,32,34H,4-5,10-13,15H2,1-3H3,(H,29,30,33). The largest absolute Gasteiger partial charge is 0.468 e. The first kappa shape index (κ1) is 26.2. The third-order valence-electron chi connectivity index (χ3n) is 5.90. The Morgan fingerprint density at radius 1 is 1.28 bits per heavy atom. The lowest BCUT2D eigenvalue weighted by Crippen LogP contribution is -2.22. The predicted molar refractivity (Wildman–Crippen MR) is 143 cm³/mol. The van der Waals surface area contributed by atoms with Crippen LogP contribution in [0.1, 0.15) is 60.1 Å². The number of fused-ring (bicyclic) bond motifs is 1. The molecule has 5 N–H and O–H groups in total. The fourth-order valence-electron chi connectivity index (χ4n) is 3.92. The van der Waals surface area contributed by atoms with Gasteiger partial charge in [-0.25, -0.2) is 4.98 Å². The summed E-state index contributed by atoms with van der Waals surface area (Å²) in [6.07, 6.45) is 3.94. The SMILES string of the molecule is CC1NC=C(c2ccc(C(=O)Nc3nc4cc(CNCCCCO)ccc4n3CCC(C)(C)O)s2)O1. The Morgan fingerprint density at radius 3 is 2.83 bits per heavy atom. The van der Waals surface area contributed by atoms with Gasteiger partial charge in [-0.15, -0.1) is 11.3 Å². The Kier molecular flexibility index (Phi) is 8.30. The summed E-state index contributed by atoms with van der Waals surface area (Å²) in [4.78, 5) is 19.3. The lowest BCUT2D eigenvalue weighted by atomic mass is 10.1. The number of anilines is 1. The zero-order valence-electron chi connectivity index (χ0n) is 21.0. The Hall–Kier alpha value is -2.92. The molecule has 1 aliphatic heterocycles. The summed E-state index contributed by atoms with van der Waals surface area (Å²) in [7, 11) is 0. The molecule has 9 nitrogen and oxygen atoms in total. The highest BCUT2D eigenvalue weighted by Gasteiger charge is 2.21. The summed E-state index contributed by atoms with van der Waals surface area (Å²) in [5.74, 6) is 0.937. The highest BCUT2D eigenvalue weighted by molar-refractivity contribution is 7.15. The number of amides is 1. The average Bonchev–Trinajstić information content (AvgIpc) is 3.55. The van der Waals surface area contributed by atoms with Gasteiger partial charge in [0.25, 0.3) is 5.91 Å². The lowest BCUT2D eigenvalue weighted by molar-refractivity contribution is 0.0667. The summed E-state index contributed by atoms with van der Waals surface area (Å²) in [6, 6.07) is 9.74. The van der Waals surface area contributed by atoms with Gasteiger partial charge in [-0.05, 0) is 76.4 Å². The molecule has 0 saturated heterocycles. The molecule has 0 bridgehead atoms. The number of aliphatic hydroxyl groups is 2. The van der Waals surface area contributed by atoms with E-state index < -0.39 is 5.60 Å². The minimum atomic E-state index is -0.848. The van der Waals surface area contributed by atoms with E-state index in [1.165, 1.54) is 11.3 Å². The van der Waals surface area contributed by atoms with Gasteiger partial charge in [0, 0.05) is 25.9 Å². The first-order valence-electron chi connectivity index (χ1n) is 12.3. The van der Waals surface area contributed by atoms with Gasteiger partial charge < -0.3 is 30.2 Å². The van der Waals surface area contributed by atoms with Crippen molar-refractivity contribution in [1.82, 2.24) is 20.2 Å². The highest BCUT2D eigenvalue weighted by atomic mass is 32.1. The van der Waals surface area contributed by atoms with E-state index in [0.717, 1.165) is 46.6 Å². The van der Waals surface area contributed by atoms with Crippen LogP contribution in [0.2, 0.25) is 0 Å². The molecule has 0 spiro atoms. The van der Waals surface area contributed by atoms with Crippen LogP contribution >= 0.6 is 11.3 Å². The maximum atomic E-state index is 13.1. The molecule has 1 aliphatic rings. The van der Waals surface area contributed by atoms with Crippen LogP contribution in [0, 0.1) is 0 Å². The number of aryl methyl sites for hydroxylation is 1. The van der Waals surface area contributed by atoms with Crippen LogP contribution < -0.4 is 16.0 Å². The third kappa shape index (κ3) is 6.64. The van der Waals surface area contributed by atoms with Crippen LogP contribution in [0.4, 0.5) is 5.95 Å². The van der Waals surface area contributed by atoms with Gasteiger partial charge in [-0.3, -0.25) is 10.1 Å². The van der Waals surface area contributed by atoms with E-state index in [4.69, 9.17) is 14.8 Å². The smallest absolute Gasteiger partial charge is 0.268 e. The normalized spacial score (nSPS) is 15.6. The molecule has 4 rings (SSSR count). The van der Waals surface area contributed by atoms with E-state index in [2.05, 4.69) is 16.0 Å². The average molecular weight is 514 g/mol. The van der Waals surface area contributed by atoms with E-state index in [9.17, 15) is 9.90 Å². The number of benzene rings is 1. The maximum Gasteiger partial charge on any atom is 0.268 e. The van der Waals surface area contributed by atoms with Crippen molar-refractivity contribution in [2.24, 2.45) is 0 Å². The van der Waals surface area contributed by atoms with Gasteiger partial charge in [-0.1, -0.05) is 6.07 Å². The van der Waals surface area contributed by atoms with Crippen LogP contribution in [0.3, 0.4) is 0 Å². The van der Waals surface area contributed by atoms with E-state index in [1.54, 1.807) is 19.9 Å². The van der Waals surface area contributed by atoms with Crippen LogP contribution in [0.15, 0.2) is 36.5 Å². The molecule has 1 aromatic carbocycles. The van der Waals surface area contributed by atoms with Crippen molar-refractivity contribution in [3.63, 3.8) is 0 Å². The van der Waals surface area contributed by atoms with Crippen molar-refractivity contribution in [2.45, 2.75) is 65.0 Å². The second kappa shape index (κ2) is 11.4. The minimum absolute atomic E-state index is 0.0873. The number of carbonyl (C=O) groups excluding carboxylic acids is 1. The third-order valence-corrected chi connectivity index (χ3v) is 7.00. The predicted octanol–water partition coefficient (Wildman–Crippen LogP) is 3.64. The first-order valence-corrected chi connectivity index (χ1v) is 13.1. The van der Waals surface area contributed by atoms with Crippen LogP contribution in [-0.4, -0.2) is 50.7 Å². The molecule has 194 valence electrons. The summed E-state index contributed by atoms with van der Waals surface area (Å²) in [5, 5.41) is 28.7. The summed E-state index contributed by atoms with van der Waals surface area (Å²) < 4.78 is 7.66. The number of nitrogens with one attached hydrogen (secondary N) is 3. The fraction of sp³-hybridized carbons (Fsp3) is 0.462. The second-order valence-electron chi connectivity index (χ2n) is 9.63. The number of imidazole rings is 1. The zero-order chi connectivity index (χ0) is 25.7. The van der Waals surface area contributed by atoms with Crippen molar-refractivity contribution in [1.29, 1.82) is 0 Å². The maximum absolute atomic E-state index is 13.1. The molecular formula is C26H35N5O4S. The molecule has 1 atom stereocenters. The number of hydrogen-bond donors (Lipinski definition) is 5. The Bertz CT molecular complexity index is 1230. The number of aromatic nitrogens is 2. The molecule has 2 aromatic heterocycles. The Morgan fingerprint density at radius 2 is 2.11 bits per heavy atom. The number of hydrogen-bond acceptors (Lipinski definition) is 8. The van der Waals surface area contributed by atoms with Crippen LogP contribution in [-0.2, 0) is 17.8 Å².